The summed E-state index contributed by atoms with van der Waals surface area (Å²) in [5.74, 6) is 1.88. The maximum atomic E-state index is 10.7. The van der Waals surface area contributed by atoms with Crippen LogP contribution < -0.4 is 4.74 Å². The standard InChI is InChI=1S/C11H13NO4S/c1-2-17-6-5-16-11-7-9(8-13)3-4-10(11)12(14)15/h3-4,7-8H,2,5-6H2,1H3. The maximum absolute atomic E-state index is 10.7. The molecule has 1 aromatic carbocycles. The Kier molecular flexibility index (Phi) is 5.48. The van der Waals surface area contributed by atoms with Crippen LogP contribution >= 0.6 is 11.8 Å². The molecule has 0 radical (unpaired) electrons. The molecule has 92 valence electrons. The number of thioether (sulfide) groups is 1. The van der Waals surface area contributed by atoms with Crippen molar-refractivity contribution in [3.8, 4) is 5.75 Å². The van der Waals surface area contributed by atoms with E-state index in [1.807, 2.05) is 6.92 Å². The number of nitro groups is 1. The van der Waals surface area contributed by atoms with Crippen LogP contribution in [0.5, 0.6) is 5.75 Å². The lowest BCUT2D eigenvalue weighted by Gasteiger charge is -2.06. The first-order valence-corrected chi connectivity index (χ1v) is 6.28. The van der Waals surface area contributed by atoms with Crippen LogP contribution in [-0.4, -0.2) is 29.3 Å². The molecule has 0 amide bonds. The minimum Gasteiger partial charge on any atom is -0.486 e. The van der Waals surface area contributed by atoms with Gasteiger partial charge in [-0.1, -0.05) is 6.92 Å². The van der Waals surface area contributed by atoms with E-state index in [0.29, 0.717) is 18.5 Å². The minimum absolute atomic E-state index is 0.114. The van der Waals surface area contributed by atoms with Gasteiger partial charge in [0.1, 0.15) is 6.29 Å². The first-order chi connectivity index (χ1) is 8.19. The molecule has 0 aliphatic rings. The fourth-order valence-electron chi connectivity index (χ4n) is 1.23. The highest BCUT2D eigenvalue weighted by molar-refractivity contribution is 7.99. The van der Waals surface area contributed by atoms with E-state index in [2.05, 4.69) is 0 Å². The van der Waals surface area contributed by atoms with Crippen LogP contribution in [0.1, 0.15) is 17.3 Å². The summed E-state index contributed by atoms with van der Waals surface area (Å²) in [6, 6.07) is 4.08. The van der Waals surface area contributed by atoms with Gasteiger partial charge >= 0.3 is 5.69 Å². The Balaban J connectivity index is 2.78. The van der Waals surface area contributed by atoms with Crippen molar-refractivity contribution >= 4 is 23.7 Å². The number of ether oxygens (including phenoxy) is 1. The van der Waals surface area contributed by atoms with Gasteiger partial charge in [-0.05, 0) is 17.9 Å². The molecule has 17 heavy (non-hydrogen) atoms. The average molecular weight is 255 g/mol. The molecule has 0 bridgehead atoms. The number of hydrogen-bond acceptors (Lipinski definition) is 5. The first kappa shape index (κ1) is 13.5. The Morgan fingerprint density at radius 3 is 2.88 bits per heavy atom. The van der Waals surface area contributed by atoms with Crippen LogP contribution in [0.3, 0.4) is 0 Å². The molecule has 1 aromatic rings. The number of aldehydes is 1. The maximum Gasteiger partial charge on any atom is 0.310 e. The van der Waals surface area contributed by atoms with E-state index in [0.717, 1.165) is 11.5 Å². The summed E-state index contributed by atoms with van der Waals surface area (Å²) in [5, 5.41) is 10.7. The largest absolute Gasteiger partial charge is 0.486 e. The van der Waals surface area contributed by atoms with E-state index in [-0.39, 0.29) is 11.4 Å². The van der Waals surface area contributed by atoms with Crippen molar-refractivity contribution in [3.63, 3.8) is 0 Å². The summed E-state index contributed by atoms with van der Waals surface area (Å²) in [4.78, 5) is 20.8. The van der Waals surface area contributed by atoms with Crippen LogP contribution in [0.2, 0.25) is 0 Å². The van der Waals surface area contributed by atoms with Crippen LogP contribution in [0.25, 0.3) is 0 Å². The van der Waals surface area contributed by atoms with Gasteiger partial charge in [0, 0.05) is 17.4 Å². The predicted octanol–water partition coefficient (Wildman–Crippen LogP) is 2.54. The monoisotopic (exact) mass is 255 g/mol. The molecular weight excluding hydrogens is 242 g/mol. The van der Waals surface area contributed by atoms with Gasteiger partial charge in [-0.3, -0.25) is 14.9 Å². The Morgan fingerprint density at radius 1 is 1.53 bits per heavy atom. The zero-order valence-electron chi connectivity index (χ0n) is 9.42. The number of rotatable bonds is 7. The average Bonchev–Trinajstić information content (AvgIpc) is 2.34. The van der Waals surface area contributed by atoms with Crippen molar-refractivity contribution in [2.75, 3.05) is 18.1 Å². The molecule has 0 aromatic heterocycles. The summed E-state index contributed by atoms with van der Waals surface area (Å²) >= 11 is 1.69. The van der Waals surface area contributed by atoms with Crippen molar-refractivity contribution in [3.05, 3.63) is 33.9 Å². The second-order valence-electron chi connectivity index (χ2n) is 3.15. The van der Waals surface area contributed by atoms with Gasteiger partial charge < -0.3 is 4.74 Å². The van der Waals surface area contributed by atoms with E-state index in [1.54, 1.807) is 11.8 Å². The van der Waals surface area contributed by atoms with Gasteiger partial charge in [-0.15, -0.1) is 0 Å². The molecule has 0 atom stereocenters. The Morgan fingerprint density at radius 2 is 2.29 bits per heavy atom. The number of nitrogens with zero attached hydrogens (tertiary/aromatic N) is 1. The highest BCUT2D eigenvalue weighted by Crippen LogP contribution is 2.27. The van der Waals surface area contributed by atoms with Crippen molar-refractivity contribution in [1.29, 1.82) is 0 Å². The van der Waals surface area contributed by atoms with Gasteiger partial charge in [0.05, 0.1) is 11.5 Å². The third kappa shape index (κ3) is 4.07. The van der Waals surface area contributed by atoms with E-state index >= 15 is 0 Å². The number of benzene rings is 1. The molecule has 6 heteroatoms. The Labute approximate surface area is 103 Å². The van der Waals surface area contributed by atoms with Crippen molar-refractivity contribution in [2.45, 2.75) is 6.92 Å². The summed E-state index contributed by atoms with van der Waals surface area (Å²) in [7, 11) is 0. The molecule has 0 spiro atoms. The van der Waals surface area contributed by atoms with Crippen LogP contribution in [-0.2, 0) is 0 Å². The molecule has 0 saturated carbocycles. The second-order valence-corrected chi connectivity index (χ2v) is 4.54. The highest BCUT2D eigenvalue weighted by Gasteiger charge is 2.15. The van der Waals surface area contributed by atoms with E-state index < -0.39 is 4.92 Å². The quantitative estimate of drug-likeness (QED) is 0.324. The molecule has 0 N–H and O–H groups in total. The number of carbonyl (C=O) groups excluding carboxylic acids is 1. The number of carbonyl (C=O) groups is 1. The minimum atomic E-state index is -0.517. The third-order valence-corrected chi connectivity index (χ3v) is 2.87. The van der Waals surface area contributed by atoms with Crippen LogP contribution in [0, 0.1) is 10.1 Å². The van der Waals surface area contributed by atoms with E-state index in [1.165, 1.54) is 18.2 Å². The molecule has 5 nitrogen and oxygen atoms in total. The lowest BCUT2D eigenvalue weighted by molar-refractivity contribution is -0.385. The summed E-state index contributed by atoms with van der Waals surface area (Å²) in [5.41, 5.74) is 0.255. The fraction of sp³-hybridized carbons (Fsp3) is 0.364. The first-order valence-electron chi connectivity index (χ1n) is 5.13. The zero-order valence-corrected chi connectivity index (χ0v) is 10.2. The zero-order chi connectivity index (χ0) is 12.7. The smallest absolute Gasteiger partial charge is 0.310 e. The lowest BCUT2D eigenvalue weighted by Crippen LogP contribution is -2.03. The fourth-order valence-corrected chi connectivity index (χ4v) is 1.72. The van der Waals surface area contributed by atoms with Gasteiger partial charge in [0.25, 0.3) is 0 Å². The number of nitro benzene ring substituents is 1. The molecule has 0 heterocycles. The lowest BCUT2D eigenvalue weighted by atomic mass is 10.2. The molecule has 0 unspecified atom stereocenters. The van der Waals surface area contributed by atoms with Crippen molar-refractivity contribution in [2.24, 2.45) is 0 Å². The molecular formula is C11H13NO4S. The van der Waals surface area contributed by atoms with Gasteiger partial charge in [0.15, 0.2) is 5.75 Å². The van der Waals surface area contributed by atoms with E-state index in [4.69, 9.17) is 4.74 Å². The summed E-state index contributed by atoms with van der Waals surface area (Å²) in [6.45, 7) is 2.42. The summed E-state index contributed by atoms with van der Waals surface area (Å²) < 4.78 is 5.32. The highest BCUT2D eigenvalue weighted by atomic mass is 32.2. The second kappa shape index (κ2) is 6.90. The van der Waals surface area contributed by atoms with Gasteiger partial charge in [-0.25, -0.2) is 0 Å². The van der Waals surface area contributed by atoms with Gasteiger partial charge in [-0.2, -0.15) is 11.8 Å². The predicted molar refractivity (Wildman–Crippen MR) is 67.0 cm³/mol. The normalized spacial score (nSPS) is 9.94. The molecule has 0 aliphatic carbocycles. The van der Waals surface area contributed by atoms with Crippen LogP contribution in [0.4, 0.5) is 5.69 Å². The van der Waals surface area contributed by atoms with Crippen LogP contribution in [0.15, 0.2) is 18.2 Å². The summed E-state index contributed by atoms with van der Waals surface area (Å²) in [6.07, 6.45) is 0.636. The van der Waals surface area contributed by atoms with E-state index in [9.17, 15) is 14.9 Å². The Bertz CT molecular complexity index is 408. The number of hydrogen-bond donors (Lipinski definition) is 0. The van der Waals surface area contributed by atoms with Gasteiger partial charge in [0.2, 0.25) is 0 Å². The molecule has 0 fully saturated rings. The Hall–Kier alpha value is -1.56. The molecule has 0 aliphatic heterocycles. The molecule has 1 rings (SSSR count). The molecule has 0 saturated heterocycles. The van der Waals surface area contributed by atoms with Crippen molar-refractivity contribution < 1.29 is 14.5 Å². The topological polar surface area (TPSA) is 69.4 Å². The SMILES string of the molecule is CCSCCOc1cc(C=O)ccc1[N+](=O)[O-]. The van der Waals surface area contributed by atoms with Crippen molar-refractivity contribution in [1.82, 2.24) is 0 Å². The third-order valence-electron chi connectivity index (χ3n) is 2.01.